The minimum atomic E-state index is -1.17. The van der Waals surface area contributed by atoms with Crippen molar-refractivity contribution >= 4 is 29.5 Å². The van der Waals surface area contributed by atoms with Crippen LogP contribution in [-0.4, -0.2) is 145 Å². The van der Waals surface area contributed by atoms with Crippen LogP contribution in [0.2, 0.25) is 0 Å². The van der Waals surface area contributed by atoms with Crippen molar-refractivity contribution in [3.63, 3.8) is 0 Å². The summed E-state index contributed by atoms with van der Waals surface area (Å²) >= 11 is 0. The highest BCUT2D eigenvalue weighted by molar-refractivity contribution is 5.80. The summed E-state index contributed by atoms with van der Waals surface area (Å²) in [4.78, 5) is 61.4. The maximum atomic E-state index is 12.5. The Morgan fingerprint density at radius 3 is 1.56 bits per heavy atom. The summed E-state index contributed by atoms with van der Waals surface area (Å²) < 4.78 is 10.2. The summed E-state index contributed by atoms with van der Waals surface area (Å²) in [6.07, 6.45) is 0.764. The molecule has 0 aliphatic heterocycles. The van der Waals surface area contributed by atoms with E-state index in [1.807, 2.05) is 0 Å². The van der Waals surface area contributed by atoms with Gasteiger partial charge in [-0.05, 0) is 13.3 Å². The van der Waals surface area contributed by atoms with Crippen molar-refractivity contribution in [2.24, 2.45) is 0 Å². The molecule has 0 aromatic heterocycles. The Morgan fingerprint density at radius 2 is 1.12 bits per heavy atom. The minimum absolute atomic E-state index is 0.0209. The lowest BCUT2D eigenvalue weighted by Gasteiger charge is -2.28. The first-order chi connectivity index (χ1) is 16.0. The van der Waals surface area contributed by atoms with Crippen LogP contribution in [0.3, 0.4) is 0 Å². The van der Waals surface area contributed by atoms with Crippen molar-refractivity contribution < 1.29 is 48.8 Å². The molecule has 13 heteroatoms. The van der Waals surface area contributed by atoms with Crippen molar-refractivity contribution in [2.45, 2.75) is 19.8 Å². The van der Waals surface area contributed by atoms with Crippen LogP contribution < -0.4 is 0 Å². The van der Waals surface area contributed by atoms with Crippen LogP contribution >= 0.6 is 0 Å². The van der Waals surface area contributed by atoms with E-state index >= 15 is 0 Å². The fourth-order valence-electron chi connectivity index (χ4n) is 3.10. The number of Topliss-reactive ketones (excluding diaryl/α,β-unsaturated/α-hetero) is 2. The molecule has 0 atom stereocenters. The largest absolute Gasteiger partial charge is 0.480 e. The summed E-state index contributed by atoms with van der Waals surface area (Å²) in [5.41, 5.74) is 0. The van der Waals surface area contributed by atoms with E-state index in [0.717, 1.165) is 0 Å². The predicted molar refractivity (Wildman–Crippen MR) is 120 cm³/mol. The van der Waals surface area contributed by atoms with Crippen LogP contribution in [0.4, 0.5) is 0 Å². The molecule has 0 aliphatic carbocycles. The number of ketones is 2. The summed E-state index contributed by atoms with van der Waals surface area (Å²) in [6.45, 7) is 2.01. The number of rotatable bonds is 23. The average Bonchev–Trinajstić information content (AvgIpc) is 2.70. The van der Waals surface area contributed by atoms with Crippen molar-refractivity contribution in [2.75, 3.05) is 85.8 Å². The van der Waals surface area contributed by atoms with Crippen LogP contribution in [0.1, 0.15) is 19.8 Å². The molecule has 0 fully saturated rings. The molecular weight excluding hydrogens is 454 g/mol. The number of carboxylic acids is 3. The SMILES string of the molecule is COCCOCCCC(=O)CN(CCN(CC(C)=O)CC(=O)O)CCN(CC(=O)O)CC(=O)O. The van der Waals surface area contributed by atoms with E-state index in [4.69, 9.17) is 24.8 Å². The van der Waals surface area contributed by atoms with Gasteiger partial charge >= 0.3 is 17.9 Å². The Morgan fingerprint density at radius 1 is 0.647 bits per heavy atom. The zero-order chi connectivity index (χ0) is 25.9. The van der Waals surface area contributed by atoms with E-state index < -0.39 is 31.0 Å². The van der Waals surface area contributed by atoms with Crippen molar-refractivity contribution in [1.82, 2.24) is 14.7 Å². The van der Waals surface area contributed by atoms with Crippen LogP contribution in [-0.2, 0) is 33.4 Å². The number of aliphatic carboxylic acids is 3. The van der Waals surface area contributed by atoms with Gasteiger partial charge in [-0.15, -0.1) is 0 Å². The average molecular weight is 492 g/mol. The third-order valence-electron chi connectivity index (χ3n) is 4.56. The third kappa shape index (κ3) is 19.1. The monoisotopic (exact) mass is 491 g/mol. The number of hydrogen-bond donors (Lipinski definition) is 3. The normalized spacial score (nSPS) is 11.3. The fraction of sp³-hybridized carbons (Fsp3) is 0.762. The maximum absolute atomic E-state index is 12.5. The maximum Gasteiger partial charge on any atom is 0.317 e. The van der Waals surface area contributed by atoms with E-state index in [1.54, 1.807) is 12.0 Å². The van der Waals surface area contributed by atoms with Crippen LogP contribution in [0.15, 0.2) is 0 Å². The first kappa shape index (κ1) is 31.6. The summed E-state index contributed by atoms with van der Waals surface area (Å²) in [5.74, 6) is -3.73. The Hall–Kier alpha value is -2.45. The van der Waals surface area contributed by atoms with Gasteiger partial charge < -0.3 is 24.8 Å². The minimum Gasteiger partial charge on any atom is -0.480 e. The van der Waals surface area contributed by atoms with Gasteiger partial charge in [0.05, 0.1) is 45.9 Å². The lowest BCUT2D eigenvalue weighted by Crippen LogP contribution is -2.45. The Balaban J connectivity index is 5.01. The van der Waals surface area contributed by atoms with E-state index in [9.17, 15) is 24.0 Å². The highest BCUT2D eigenvalue weighted by Crippen LogP contribution is 2.01. The number of ether oxygens (including phenoxy) is 2. The third-order valence-corrected chi connectivity index (χ3v) is 4.56. The van der Waals surface area contributed by atoms with E-state index in [0.29, 0.717) is 26.2 Å². The van der Waals surface area contributed by atoms with Crippen molar-refractivity contribution in [3.8, 4) is 0 Å². The van der Waals surface area contributed by atoms with Crippen LogP contribution in [0.5, 0.6) is 0 Å². The highest BCUT2D eigenvalue weighted by atomic mass is 16.5. The lowest BCUT2D eigenvalue weighted by atomic mass is 10.2. The molecule has 0 aromatic rings. The molecule has 0 radical (unpaired) electrons. The Labute approximate surface area is 199 Å². The van der Waals surface area contributed by atoms with Crippen molar-refractivity contribution in [3.05, 3.63) is 0 Å². The second-order valence-corrected chi connectivity index (χ2v) is 7.83. The number of methoxy groups -OCH3 is 1. The predicted octanol–water partition coefficient (Wildman–Crippen LogP) is -1.25. The number of carbonyl (C=O) groups excluding carboxylic acids is 2. The summed E-state index contributed by atoms with van der Waals surface area (Å²) in [7, 11) is 1.56. The summed E-state index contributed by atoms with van der Waals surface area (Å²) in [6, 6.07) is 0. The molecule has 13 nitrogen and oxygen atoms in total. The highest BCUT2D eigenvalue weighted by Gasteiger charge is 2.19. The van der Waals surface area contributed by atoms with Gasteiger partial charge in [0, 0.05) is 46.3 Å². The molecule has 0 spiro atoms. The number of hydrogen-bond acceptors (Lipinski definition) is 10. The Bertz CT molecular complexity index is 587. The number of carbonyl (C=O) groups is 5. The molecule has 0 bridgehead atoms. The molecule has 0 aliphatic rings. The zero-order valence-electron chi connectivity index (χ0n) is 19.9. The number of nitrogens with zero attached hydrogens (tertiary/aromatic N) is 3. The zero-order valence-corrected chi connectivity index (χ0v) is 19.9. The first-order valence-electron chi connectivity index (χ1n) is 10.9. The molecule has 3 N–H and O–H groups in total. The van der Waals surface area contributed by atoms with Gasteiger partial charge in [0.15, 0.2) is 0 Å². The van der Waals surface area contributed by atoms with Crippen molar-refractivity contribution in [1.29, 1.82) is 0 Å². The number of carboxylic acid groups (broad SMARTS) is 3. The molecule has 196 valence electrons. The van der Waals surface area contributed by atoms with E-state index in [-0.39, 0.29) is 63.8 Å². The van der Waals surface area contributed by atoms with Gasteiger partial charge in [-0.1, -0.05) is 0 Å². The van der Waals surface area contributed by atoms with Crippen LogP contribution in [0, 0.1) is 0 Å². The molecule has 0 unspecified atom stereocenters. The first-order valence-corrected chi connectivity index (χ1v) is 10.9. The van der Waals surface area contributed by atoms with Gasteiger partial charge in [0.2, 0.25) is 0 Å². The second kappa shape index (κ2) is 18.9. The second-order valence-electron chi connectivity index (χ2n) is 7.83. The molecule has 0 rings (SSSR count). The van der Waals surface area contributed by atoms with Gasteiger partial charge in [0.1, 0.15) is 11.6 Å². The van der Waals surface area contributed by atoms with Gasteiger partial charge in [-0.3, -0.25) is 38.7 Å². The molecule has 34 heavy (non-hydrogen) atoms. The molecular formula is C21H37N3O10. The smallest absolute Gasteiger partial charge is 0.317 e. The Kier molecular flexibility index (Phi) is 17.6. The molecule has 0 saturated carbocycles. The lowest BCUT2D eigenvalue weighted by molar-refractivity contribution is -0.142. The molecule has 0 amide bonds. The molecule has 0 heterocycles. The molecule has 0 aromatic carbocycles. The van der Waals surface area contributed by atoms with Gasteiger partial charge in [-0.2, -0.15) is 0 Å². The quantitative estimate of drug-likeness (QED) is 0.145. The summed E-state index contributed by atoms with van der Waals surface area (Å²) in [5, 5.41) is 27.1. The van der Waals surface area contributed by atoms with Gasteiger partial charge in [-0.25, -0.2) is 0 Å². The van der Waals surface area contributed by atoms with E-state index in [1.165, 1.54) is 16.7 Å². The topological polar surface area (TPSA) is 174 Å². The molecule has 0 saturated heterocycles. The van der Waals surface area contributed by atoms with E-state index in [2.05, 4.69) is 0 Å². The standard InChI is InChI=1S/C21H37N3O10/c1-17(25)12-23(14-19(27)28)7-5-22(6-8-24(15-20(29)30)16-21(31)32)13-18(26)4-3-9-34-11-10-33-2/h3-16H2,1-2H3,(H,27,28)(H,29,30)(H,31,32). The van der Waals surface area contributed by atoms with Gasteiger partial charge in [0.25, 0.3) is 0 Å². The van der Waals surface area contributed by atoms with Crippen LogP contribution in [0.25, 0.3) is 0 Å². The fourth-order valence-corrected chi connectivity index (χ4v) is 3.10.